The second-order valence-electron chi connectivity index (χ2n) is 5.83. The molecule has 0 aliphatic rings. The van der Waals surface area contributed by atoms with Gasteiger partial charge in [0.25, 0.3) is 0 Å². The van der Waals surface area contributed by atoms with Crippen molar-refractivity contribution >= 4 is 11.6 Å². The first-order valence-electron chi connectivity index (χ1n) is 8.44. The minimum Gasteiger partial charge on any atom is -0.384 e. The van der Waals surface area contributed by atoms with Crippen LogP contribution < -0.4 is 10.6 Å². The highest BCUT2D eigenvalue weighted by Crippen LogP contribution is 2.20. The van der Waals surface area contributed by atoms with E-state index in [2.05, 4.69) is 42.7 Å². The molecule has 0 atom stereocenters. The Balaban J connectivity index is 1.73. The van der Waals surface area contributed by atoms with Crippen molar-refractivity contribution in [1.29, 1.82) is 0 Å². The van der Waals surface area contributed by atoms with Crippen LogP contribution in [0.1, 0.15) is 30.0 Å². The van der Waals surface area contributed by atoms with E-state index in [1.165, 1.54) is 17.2 Å². The van der Waals surface area contributed by atoms with Crippen molar-refractivity contribution in [2.45, 2.75) is 33.1 Å². The number of aryl methyl sites for hydroxylation is 2. The number of rotatable bonds is 8. The molecule has 0 aromatic heterocycles. The van der Waals surface area contributed by atoms with E-state index in [9.17, 15) is 9.18 Å². The van der Waals surface area contributed by atoms with Gasteiger partial charge >= 0.3 is 0 Å². The minimum atomic E-state index is -0.222. The van der Waals surface area contributed by atoms with Crippen LogP contribution in [0.3, 0.4) is 0 Å². The average Bonchev–Trinajstić information content (AvgIpc) is 2.58. The van der Waals surface area contributed by atoms with Gasteiger partial charge in [0.05, 0.1) is 0 Å². The number of carbonyl (C=O) groups excluding carboxylic acids is 1. The lowest BCUT2D eigenvalue weighted by atomic mass is 10.1. The lowest BCUT2D eigenvalue weighted by Crippen LogP contribution is -2.27. The van der Waals surface area contributed by atoms with E-state index in [0.717, 1.165) is 12.1 Å². The Bertz CT molecular complexity index is 685. The monoisotopic (exact) mass is 328 g/mol. The molecule has 0 aliphatic carbocycles. The molecule has 0 saturated heterocycles. The number of carbonyl (C=O) groups is 1. The molecule has 2 rings (SSSR count). The number of nitrogens with one attached hydrogen (secondary N) is 2. The maximum Gasteiger partial charge on any atom is 0.221 e. The number of amides is 1. The highest BCUT2D eigenvalue weighted by molar-refractivity contribution is 5.76. The first kappa shape index (κ1) is 18.0. The zero-order valence-electron chi connectivity index (χ0n) is 14.4. The maximum atomic E-state index is 13.5. The van der Waals surface area contributed by atoms with E-state index in [1.807, 2.05) is 0 Å². The SMILES string of the molecule is CCc1cccc(C)c1NCCC(=O)NCCc1ccccc1F. The van der Waals surface area contributed by atoms with E-state index < -0.39 is 0 Å². The summed E-state index contributed by atoms with van der Waals surface area (Å²) in [5.41, 5.74) is 4.20. The largest absolute Gasteiger partial charge is 0.384 e. The molecule has 0 unspecified atom stereocenters. The van der Waals surface area contributed by atoms with Gasteiger partial charge < -0.3 is 10.6 Å². The zero-order chi connectivity index (χ0) is 17.4. The molecular formula is C20H25FN2O. The second-order valence-corrected chi connectivity index (χ2v) is 5.83. The Morgan fingerprint density at radius 3 is 2.54 bits per heavy atom. The van der Waals surface area contributed by atoms with Crippen molar-refractivity contribution in [3.05, 3.63) is 65.0 Å². The number of anilines is 1. The van der Waals surface area contributed by atoms with Crippen molar-refractivity contribution in [1.82, 2.24) is 5.32 Å². The highest BCUT2D eigenvalue weighted by Gasteiger charge is 2.06. The fourth-order valence-electron chi connectivity index (χ4n) is 2.70. The van der Waals surface area contributed by atoms with Crippen molar-refractivity contribution in [3.8, 4) is 0 Å². The number of halogens is 1. The predicted molar refractivity (Wildman–Crippen MR) is 96.8 cm³/mol. The number of hydrogen-bond donors (Lipinski definition) is 2. The van der Waals surface area contributed by atoms with Crippen LogP contribution in [-0.4, -0.2) is 19.0 Å². The molecule has 128 valence electrons. The van der Waals surface area contributed by atoms with Gasteiger partial charge in [0.1, 0.15) is 5.82 Å². The smallest absolute Gasteiger partial charge is 0.221 e. The Hall–Kier alpha value is -2.36. The van der Waals surface area contributed by atoms with Gasteiger partial charge in [0.2, 0.25) is 5.91 Å². The lowest BCUT2D eigenvalue weighted by molar-refractivity contribution is -0.120. The van der Waals surface area contributed by atoms with Crippen LogP contribution in [0.5, 0.6) is 0 Å². The molecule has 2 aromatic rings. The van der Waals surface area contributed by atoms with Gasteiger partial charge in [-0.05, 0) is 42.5 Å². The van der Waals surface area contributed by atoms with Crippen molar-refractivity contribution in [2.24, 2.45) is 0 Å². The quantitative estimate of drug-likeness (QED) is 0.772. The summed E-state index contributed by atoms with van der Waals surface area (Å²) >= 11 is 0. The summed E-state index contributed by atoms with van der Waals surface area (Å²) in [6, 6.07) is 12.9. The third kappa shape index (κ3) is 5.08. The van der Waals surface area contributed by atoms with Crippen LogP contribution in [0.4, 0.5) is 10.1 Å². The maximum absolute atomic E-state index is 13.5. The molecule has 3 nitrogen and oxygen atoms in total. The molecule has 0 bridgehead atoms. The van der Waals surface area contributed by atoms with Gasteiger partial charge in [-0.25, -0.2) is 4.39 Å². The summed E-state index contributed by atoms with van der Waals surface area (Å²) in [5.74, 6) is -0.245. The van der Waals surface area contributed by atoms with Gasteiger partial charge in [0, 0.05) is 25.2 Å². The summed E-state index contributed by atoms with van der Waals surface area (Å²) in [7, 11) is 0. The molecule has 4 heteroatoms. The molecule has 0 aliphatic heterocycles. The standard InChI is InChI=1S/C20H25FN2O/c1-3-16-9-6-7-15(2)20(16)23-14-12-19(24)22-13-11-17-8-4-5-10-18(17)21/h4-10,23H,3,11-14H2,1-2H3,(H,22,24). The highest BCUT2D eigenvalue weighted by atomic mass is 19.1. The third-order valence-corrected chi connectivity index (χ3v) is 4.07. The molecule has 0 heterocycles. The molecule has 0 fully saturated rings. The molecule has 2 N–H and O–H groups in total. The molecular weight excluding hydrogens is 303 g/mol. The minimum absolute atomic E-state index is 0.0227. The molecule has 1 amide bonds. The molecule has 24 heavy (non-hydrogen) atoms. The van der Waals surface area contributed by atoms with Crippen molar-refractivity contribution in [2.75, 3.05) is 18.4 Å². The summed E-state index contributed by atoms with van der Waals surface area (Å²) < 4.78 is 13.5. The van der Waals surface area contributed by atoms with E-state index >= 15 is 0 Å². The molecule has 0 saturated carbocycles. The van der Waals surface area contributed by atoms with Gasteiger partial charge in [-0.2, -0.15) is 0 Å². The lowest BCUT2D eigenvalue weighted by Gasteiger charge is -2.14. The molecule has 2 aromatic carbocycles. The van der Waals surface area contributed by atoms with Crippen LogP contribution in [0.25, 0.3) is 0 Å². The molecule has 0 radical (unpaired) electrons. The van der Waals surface area contributed by atoms with Gasteiger partial charge in [-0.15, -0.1) is 0 Å². The fraction of sp³-hybridized carbons (Fsp3) is 0.350. The zero-order valence-corrected chi connectivity index (χ0v) is 14.4. The van der Waals surface area contributed by atoms with Crippen LogP contribution in [-0.2, 0) is 17.6 Å². The topological polar surface area (TPSA) is 41.1 Å². The number of para-hydroxylation sites is 1. The van der Waals surface area contributed by atoms with E-state index in [1.54, 1.807) is 18.2 Å². The Kier molecular flexibility index (Phi) is 6.79. The van der Waals surface area contributed by atoms with Gasteiger partial charge in [-0.1, -0.05) is 43.3 Å². The number of hydrogen-bond acceptors (Lipinski definition) is 2. The second kappa shape index (κ2) is 9.06. The summed E-state index contributed by atoms with van der Waals surface area (Å²) in [5, 5.41) is 6.20. The summed E-state index contributed by atoms with van der Waals surface area (Å²) in [6.07, 6.45) is 1.86. The van der Waals surface area contributed by atoms with Crippen LogP contribution in [0.2, 0.25) is 0 Å². The Morgan fingerprint density at radius 2 is 1.79 bits per heavy atom. The Morgan fingerprint density at radius 1 is 1.04 bits per heavy atom. The number of benzene rings is 2. The first-order valence-corrected chi connectivity index (χ1v) is 8.44. The van der Waals surface area contributed by atoms with Gasteiger partial charge in [-0.3, -0.25) is 4.79 Å². The van der Waals surface area contributed by atoms with Gasteiger partial charge in [0.15, 0.2) is 0 Å². The summed E-state index contributed by atoms with van der Waals surface area (Å²) in [4.78, 5) is 11.9. The third-order valence-electron chi connectivity index (χ3n) is 4.07. The van der Waals surface area contributed by atoms with Crippen molar-refractivity contribution < 1.29 is 9.18 Å². The molecule has 0 spiro atoms. The van der Waals surface area contributed by atoms with E-state index in [0.29, 0.717) is 31.5 Å². The normalized spacial score (nSPS) is 10.5. The van der Waals surface area contributed by atoms with Crippen LogP contribution in [0.15, 0.2) is 42.5 Å². The average molecular weight is 328 g/mol. The Labute approximate surface area is 143 Å². The fourth-order valence-corrected chi connectivity index (χ4v) is 2.70. The first-order chi connectivity index (χ1) is 11.6. The van der Waals surface area contributed by atoms with E-state index in [-0.39, 0.29) is 11.7 Å². The van der Waals surface area contributed by atoms with Crippen LogP contribution >= 0.6 is 0 Å². The van der Waals surface area contributed by atoms with Crippen LogP contribution in [0, 0.1) is 12.7 Å². The predicted octanol–water partition coefficient (Wildman–Crippen LogP) is 3.86. The summed E-state index contributed by atoms with van der Waals surface area (Å²) in [6.45, 7) is 5.22. The van der Waals surface area contributed by atoms with E-state index in [4.69, 9.17) is 0 Å². The van der Waals surface area contributed by atoms with Crippen molar-refractivity contribution in [3.63, 3.8) is 0 Å².